The molecule has 5 heterocycles. The Labute approximate surface area is 491 Å². The zero-order valence-electron chi connectivity index (χ0n) is 49.8. The maximum absolute atomic E-state index is 14.7. The van der Waals surface area contributed by atoms with Crippen LogP contribution in [0, 0.1) is 11.2 Å². The largest absolute Gasteiger partial charge is 0.481 e. The molecular weight excluding hydrogens is 1080 g/mol. The number of hydrogen-bond donors (Lipinski definition) is 6. The van der Waals surface area contributed by atoms with Crippen molar-refractivity contribution in [3.8, 4) is 17.0 Å². The summed E-state index contributed by atoms with van der Waals surface area (Å²) in [6, 6.07) is 12.4. The van der Waals surface area contributed by atoms with E-state index in [1.165, 1.54) is 30.2 Å². The molecule has 458 valence electrons. The maximum Gasteiger partial charge on any atom is 0.254 e. The second kappa shape index (κ2) is 30.5. The van der Waals surface area contributed by atoms with Crippen LogP contribution >= 0.6 is 0 Å². The van der Waals surface area contributed by atoms with Crippen molar-refractivity contribution in [3.63, 3.8) is 0 Å². The lowest BCUT2D eigenvalue weighted by molar-refractivity contribution is -0.144. The number of pyridine rings is 1. The molecule has 3 aliphatic rings. The van der Waals surface area contributed by atoms with Crippen LogP contribution in [-0.2, 0) is 56.0 Å². The Balaban J connectivity index is 0.779. The highest BCUT2D eigenvalue weighted by atomic mass is 19.1. The Morgan fingerprint density at radius 1 is 0.893 bits per heavy atom. The third-order valence-corrected chi connectivity index (χ3v) is 15.4. The molecule has 0 aliphatic carbocycles. The van der Waals surface area contributed by atoms with E-state index < -0.39 is 41.3 Å². The molecule has 2 fully saturated rings. The molecule has 23 nitrogen and oxygen atoms in total. The van der Waals surface area contributed by atoms with Crippen molar-refractivity contribution in [2.75, 3.05) is 104 Å². The highest BCUT2D eigenvalue weighted by Crippen LogP contribution is 2.44. The Kier molecular flexibility index (Phi) is 23.4. The Morgan fingerprint density at radius 2 is 1.56 bits per heavy atom. The van der Waals surface area contributed by atoms with Gasteiger partial charge in [0.25, 0.3) is 5.91 Å². The van der Waals surface area contributed by atoms with Crippen molar-refractivity contribution in [2.45, 2.75) is 122 Å². The standard InChI is InChI=1S/C60H85FN12O11/c1-9-45(39-14-11-10-12-15-39)67-56(77)49-34-42(36-72(49)58(79)53(60(3,4)5)68-55(76)38(2)63-6)66-51(75)20-25-82-27-29-84-31-30-83-28-26-81-24-19-50(74)64-21-23-73-59(80-8)52-40-32-48(54(62)65-35-40)71-22-13-16-47(71)44-33-41(61)17-18-43(44)57(78)70(7)37-46(52)69-73/h10-12,14-15,17-18,32-33,35,38,42,45,47,49,53,63H,9,13,16,19-31,34,36-37H2,1-8H3,(H2,62,65)(H,64,74)(H,66,75)(H,67,77)(H,68,76)/t38-,42-,45+,47-,49-,53+/m1/s1. The molecule has 4 aromatic rings. The number of methoxy groups -OCH3 is 1. The summed E-state index contributed by atoms with van der Waals surface area (Å²) in [6.45, 7) is 12.6. The quantitative estimate of drug-likeness (QED) is 0.0438. The molecule has 0 radical (unpaired) electrons. The zero-order chi connectivity index (χ0) is 60.5. The van der Waals surface area contributed by atoms with Crippen LogP contribution in [0.25, 0.3) is 11.1 Å². The first kappa shape index (κ1) is 64.3. The molecule has 2 aromatic heterocycles. The lowest BCUT2D eigenvalue weighted by Gasteiger charge is -2.36. The minimum atomic E-state index is -0.934. The van der Waals surface area contributed by atoms with E-state index in [4.69, 9.17) is 34.5 Å². The number of benzene rings is 2. The number of hydrogen-bond acceptors (Lipinski definition) is 16. The van der Waals surface area contributed by atoms with Gasteiger partial charge in [-0.15, -0.1) is 0 Å². The van der Waals surface area contributed by atoms with E-state index in [2.05, 4.69) is 36.5 Å². The molecule has 24 heteroatoms. The summed E-state index contributed by atoms with van der Waals surface area (Å²) in [5.74, 6) is -1.54. The third kappa shape index (κ3) is 16.8. The summed E-state index contributed by atoms with van der Waals surface area (Å²) in [5.41, 5.74) is 10.3. The third-order valence-electron chi connectivity index (χ3n) is 15.4. The second-order valence-electron chi connectivity index (χ2n) is 22.4. The van der Waals surface area contributed by atoms with Crippen molar-refractivity contribution in [1.29, 1.82) is 0 Å². The number of nitrogens with one attached hydrogen (secondary N) is 5. The number of nitrogens with two attached hydrogens (primary N) is 1. The number of nitrogens with zero attached hydrogens (tertiary/aromatic N) is 6. The van der Waals surface area contributed by atoms with Gasteiger partial charge >= 0.3 is 0 Å². The molecule has 7 rings (SSSR count). The molecule has 0 spiro atoms. The number of carbonyl (C=O) groups excluding carboxylic acids is 6. The molecule has 0 saturated carbocycles. The van der Waals surface area contributed by atoms with Gasteiger partial charge in [-0.2, -0.15) is 5.10 Å². The number of halogens is 1. The Hall–Kier alpha value is -7.25. The number of ether oxygens (including phenoxy) is 5. The van der Waals surface area contributed by atoms with Crippen LogP contribution < -0.4 is 42.0 Å². The molecule has 0 unspecified atom stereocenters. The van der Waals surface area contributed by atoms with Crippen molar-refractivity contribution in [1.82, 2.24) is 51.1 Å². The van der Waals surface area contributed by atoms with Crippen molar-refractivity contribution in [3.05, 3.63) is 89.0 Å². The monoisotopic (exact) mass is 1170 g/mol. The minimum Gasteiger partial charge on any atom is -0.481 e. The number of anilines is 2. The van der Waals surface area contributed by atoms with E-state index in [0.29, 0.717) is 84.5 Å². The molecule has 84 heavy (non-hydrogen) atoms. The number of fused-ring (bicyclic) bond motifs is 8. The average Bonchev–Trinajstić information content (AvgIpc) is 2.53. The van der Waals surface area contributed by atoms with Gasteiger partial charge in [-0.3, -0.25) is 28.8 Å². The summed E-state index contributed by atoms with van der Waals surface area (Å²) in [5, 5.41) is 19.7. The number of likely N-dealkylation sites (N-methyl/N-ethyl adjacent to an activating group) is 1. The first-order valence-electron chi connectivity index (χ1n) is 29.0. The predicted octanol–water partition coefficient (Wildman–Crippen LogP) is 4.06. The van der Waals surface area contributed by atoms with E-state index in [9.17, 15) is 33.2 Å². The summed E-state index contributed by atoms with van der Waals surface area (Å²) >= 11 is 0. The molecule has 2 aromatic carbocycles. The summed E-state index contributed by atoms with van der Waals surface area (Å²) in [6.07, 6.45) is 4.19. The lowest BCUT2D eigenvalue weighted by atomic mass is 9.85. The average molecular weight is 1170 g/mol. The van der Waals surface area contributed by atoms with Gasteiger partial charge in [-0.05, 0) is 80.5 Å². The van der Waals surface area contributed by atoms with Gasteiger partial charge in [0.1, 0.15) is 23.7 Å². The van der Waals surface area contributed by atoms with Crippen LogP contribution in [0.3, 0.4) is 0 Å². The van der Waals surface area contributed by atoms with Gasteiger partial charge in [0.05, 0.1) is 108 Å². The van der Waals surface area contributed by atoms with Crippen LogP contribution in [-0.4, -0.2) is 178 Å². The van der Waals surface area contributed by atoms with Crippen LogP contribution in [0.1, 0.15) is 112 Å². The van der Waals surface area contributed by atoms with Gasteiger partial charge in [0.2, 0.25) is 35.4 Å². The molecule has 2 saturated heterocycles. The first-order chi connectivity index (χ1) is 40.3. The maximum atomic E-state index is 14.7. The summed E-state index contributed by atoms with van der Waals surface area (Å²) < 4.78 is 44.8. The Bertz CT molecular complexity index is 2890. The van der Waals surface area contributed by atoms with Crippen LogP contribution in [0.4, 0.5) is 15.9 Å². The molecule has 2 bridgehead atoms. The molecule has 6 amide bonds. The smallest absolute Gasteiger partial charge is 0.254 e. The predicted molar refractivity (Wildman–Crippen MR) is 313 cm³/mol. The number of carbonyl (C=O) groups is 6. The normalized spacial score (nSPS) is 17.9. The number of amides is 6. The fourth-order valence-electron chi connectivity index (χ4n) is 10.8. The molecule has 3 aliphatic heterocycles. The first-order valence-corrected chi connectivity index (χ1v) is 29.0. The SMILES string of the molecule is CC[C@H](NC(=O)[C@H]1C[C@@H](NC(=O)CCOCCOCCOCCOCCC(=O)NCCn2nc3c(c2OC)-c2cnc(N)c(c2)N2CCC[C@@H]2c2cc(F)ccc2C(=O)N(C)C3)CN1C(=O)[C@H](NC(=O)[C@@H](C)NC)C(C)(C)C)c1ccccc1. The van der Waals surface area contributed by atoms with E-state index in [1.54, 1.807) is 36.8 Å². The molecule has 6 atom stereocenters. The lowest BCUT2D eigenvalue weighted by Crippen LogP contribution is -2.59. The van der Waals surface area contributed by atoms with E-state index >= 15 is 0 Å². The number of likely N-dealkylation sites (tertiary alicyclic amines) is 1. The highest BCUT2D eigenvalue weighted by molar-refractivity contribution is 5.97. The zero-order valence-corrected chi connectivity index (χ0v) is 49.8. The molecule has 7 N–H and O–H groups in total. The van der Waals surface area contributed by atoms with Gasteiger partial charge in [0, 0.05) is 62.9 Å². The fraction of sp³-hybridized carbons (Fsp3) is 0.567. The van der Waals surface area contributed by atoms with Crippen molar-refractivity contribution >= 4 is 46.9 Å². The summed E-state index contributed by atoms with van der Waals surface area (Å²) in [4.78, 5) is 91.1. The molecular formula is C60H85FN12O11. The van der Waals surface area contributed by atoms with Gasteiger partial charge in [-0.25, -0.2) is 14.1 Å². The van der Waals surface area contributed by atoms with Crippen LogP contribution in [0.15, 0.2) is 60.8 Å². The van der Waals surface area contributed by atoms with Crippen LogP contribution in [0.2, 0.25) is 0 Å². The summed E-state index contributed by atoms with van der Waals surface area (Å²) in [7, 11) is 4.88. The van der Waals surface area contributed by atoms with Gasteiger partial charge < -0.3 is 70.7 Å². The second-order valence-corrected chi connectivity index (χ2v) is 22.4. The highest BCUT2D eigenvalue weighted by Gasteiger charge is 2.46. The number of nitrogen functional groups attached to an aromatic ring is 1. The van der Waals surface area contributed by atoms with E-state index in [0.717, 1.165) is 12.0 Å². The van der Waals surface area contributed by atoms with Gasteiger partial charge in [0.15, 0.2) is 0 Å². The number of aromatic nitrogens is 3. The van der Waals surface area contributed by atoms with Crippen molar-refractivity contribution < 1.29 is 56.8 Å². The fourth-order valence-corrected chi connectivity index (χ4v) is 10.8. The number of rotatable bonds is 28. The van der Waals surface area contributed by atoms with E-state index in [1.807, 2.05) is 64.1 Å². The van der Waals surface area contributed by atoms with Crippen LogP contribution in [0.5, 0.6) is 5.88 Å². The van der Waals surface area contributed by atoms with E-state index in [-0.39, 0.29) is 120 Å². The van der Waals surface area contributed by atoms with Gasteiger partial charge in [-0.1, -0.05) is 58.0 Å². The Morgan fingerprint density at radius 3 is 2.20 bits per heavy atom. The minimum absolute atomic E-state index is 0.0548. The van der Waals surface area contributed by atoms with Crippen molar-refractivity contribution in [2.24, 2.45) is 5.41 Å². The topological polar surface area (TPSA) is 275 Å².